The van der Waals surface area contributed by atoms with Crippen LogP contribution in [0.2, 0.25) is 0 Å². The van der Waals surface area contributed by atoms with Crippen LogP contribution in [0.15, 0.2) is 51.8 Å². The van der Waals surface area contributed by atoms with Crippen LogP contribution in [0.3, 0.4) is 0 Å². The van der Waals surface area contributed by atoms with Gasteiger partial charge < -0.3 is 14.3 Å². The predicted octanol–water partition coefficient (Wildman–Crippen LogP) is 5.11. The van der Waals surface area contributed by atoms with E-state index in [0.717, 1.165) is 12.0 Å². The van der Waals surface area contributed by atoms with Crippen LogP contribution in [0.5, 0.6) is 5.75 Å². The van der Waals surface area contributed by atoms with E-state index in [4.69, 9.17) is 4.42 Å². The van der Waals surface area contributed by atoms with Crippen LogP contribution in [0.4, 0.5) is 4.79 Å². The summed E-state index contributed by atoms with van der Waals surface area (Å²) in [5.41, 5.74) is 1.28. The maximum absolute atomic E-state index is 12.8. The number of amides is 1. The van der Waals surface area contributed by atoms with Crippen molar-refractivity contribution in [3.05, 3.63) is 75.5 Å². The molecular formula is C26H33NO6. The van der Waals surface area contributed by atoms with Gasteiger partial charge in [-0.05, 0) is 43.2 Å². The third kappa shape index (κ3) is 7.63. The van der Waals surface area contributed by atoms with Gasteiger partial charge in [-0.3, -0.25) is 10.1 Å². The highest BCUT2D eigenvalue weighted by Gasteiger charge is 2.25. The van der Waals surface area contributed by atoms with Gasteiger partial charge in [0.05, 0.1) is 7.11 Å². The van der Waals surface area contributed by atoms with Crippen molar-refractivity contribution in [2.75, 3.05) is 7.11 Å². The van der Waals surface area contributed by atoms with E-state index < -0.39 is 23.4 Å². The number of rotatable bonds is 11. The zero-order valence-corrected chi connectivity index (χ0v) is 19.7. The highest BCUT2D eigenvalue weighted by atomic mass is 16.5. The van der Waals surface area contributed by atoms with E-state index in [0.29, 0.717) is 31.4 Å². The van der Waals surface area contributed by atoms with Crippen LogP contribution in [-0.2, 0) is 17.6 Å². The lowest BCUT2D eigenvalue weighted by molar-refractivity contribution is 0.0916. The fourth-order valence-corrected chi connectivity index (χ4v) is 3.43. The molecule has 2 N–H and O–H groups in total. The van der Waals surface area contributed by atoms with Crippen molar-refractivity contribution in [3.63, 3.8) is 0 Å². The molecule has 0 fully saturated rings. The summed E-state index contributed by atoms with van der Waals surface area (Å²) in [6.45, 7) is 5.71. The molecule has 178 valence electrons. The third-order valence-corrected chi connectivity index (χ3v) is 5.70. The van der Waals surface area contributed by atoms with Gasteiger partial charge in [0.15, 0.2) is 5.78 Å². The fraction of sp³-hybridized carbons (Fsp3) is 0.423. The normalized spacial score (nSPS) is 13.0. The average Bonchev–Trinajstić information content (AvgIpc) is 2.81. The van der Waals surface area contributed by atoms with Crippen molar-refractivity contribution in [1.29, 1.82) is 0 Å². The molecule has 2 unspecified atom stereocenters. The Balaban J connectivity index is 1.98. The number of carbonyl (C=O) groups excluding carboxylic acids is 2. The van der Waals surface area contributed by atoms with Gasteiger partial charge in [-0.1, -0.05) is 51.1 Å². The Morgan fingerprint density at radius 3 is 2.42 bits per heavy atom. The number of aromatic hydroxyl groups is 1. The number of alkyl carbamates (subject to hydrolysis) is 1. The molecule has 1 amide bonds. The minimum absolute atomic E-state index is 0.168. The summed E-state index contributed by atoms with van der Waals surface area (Å²) in [4.78, 5) is 36.3. The number of hydrogen-bond acceptors (Lipinski definition) is 6. The second kappa shape index (κ2) is 12.6. The van der Waals surface area contributed by atoms with Crippen LogP contribution >= 0.6 is 0 Å². The van der Waals surface area contributed by atoms with Crippen LogP contribution in [0.1, 0.15) is 73.2 Å². The standard InChI is InChI=1S/C26H33NO6/c1-5-19-11-13-20(14-12-19)10-9-18(3)24(29)23-21(28)16-22(33-25(23)30)17(2)8-6-7-15-27-26(31)32-4/h7,11-18,28H,5-6,8-10H2,1-4H3,(H,27,31)/b15-7+. The van der Waals surface area contributed by atoms with E-state index in [1.807, 2.05) is 6.92 Å². The molecule has 0 aliphatic carbocycles. The van der Waals surface area contributed by atoms with E-state index in [-0.39, 0.29) is 17.2 Å². The van der Waals surface area contributed by atoms with Crippen LogP contribution in [-0.4, -0.2) is 24.1 Å². The summed E-state index contributed by atoms with van der Waals surface area (Å²) in [5, 5.41) is 12.9. The molecule has 2 rings (SSSR count). The monoisotopic (exact) mass is 455 g/mol. The minimum Gasteiger partial charge on any atom is -0.507 e. The topological polar surface area (TPSA) is 106 Å². The zero-order chi connectivity index (χ0) is 24.4. The van der Waals surface area contributed by atoms with E-state index >= 15 is 0 Å². The molecule has 0 saturated heterocycles. The van der Waals surface area contributed by atoms with Gasteiger partial charge in [-0.2, -0.15) is 0 Å². The SMILES string of the molecule is CCc1ccc(CCC(C)C(=O)c2c(O)cc(C(C)CC/C=C/NC(=O)OC)oc2=O)cc1. The number of allylic oxidation sites excluding steroid dienone is 1. The molecule has 0 spiro atoms. The van der Waals surface area contributed by atoms with E-state index in [1.54, 1.807) is 13.0 Å². The quantitative estimate of drug-likeness (QED) is 0.456. The van der Waals surface area contributed by atoms with E-state index in [2.05, 4.69) is 41.2 Å². The average molecular weight is 456 g/mol. The first-order chi connectivity index (χ1) is 15.8. The molecule has 1 aromatic carbocycles. The first-order valence-corrected chi connectivity index (χ1v) is 11.2. The highest BCUT2D eigenvalue weighted by Crippen LogP contribution is 2.26. The van der Waals surface area contributed by atoms with Gasteiger partial charge in [0.25, 0.3) is 0 Å². The number of Topliss-reactive ketones (excluding diaryl/α,β-unsaturated/α-hetero) is 1. The van der Waals surface area contributed by atoms with Gasteiger partial charge in [0, 0.05) is 24.1 Å². The molecule has 1 aromatic heterocycles. The number of carbonyl (C=O) groups is 2. The van der Waals surface area contributed by atoms with E-state index in [9.17, 15) is 19.5 Å². The molecule has 2 aromatic rings. The summed E-state index contributed by atoms with van der Waals surface area (Å²) in [5.74, 6) is -1.05. The molecule has 0 saturated carbocycles. The van der Waals surface area contributed by atoms with Crippen molar-refractivity contribution in [1.82, 2.24) is 5.32 Å². The highest BCUT2D eigenvalue weighted by molar-refractivity contribution is 5.99. The van der Waals surface area contributed by atoms with Gasteiger partial charge in [-0.15, -0.1) is 0 Å². The van der Waals surface area contributed by atoms with Crippen molar-refractivity contribution < 1.29 is 23.8 Å². The molecule has 7 nitrogen and oxygen atoms in total. The van der Waals surface area contributed by atoms with Gasteiger partial charge in [-0.25, -0.2) is 9.59 Å². The van der Waals surface area contributed by atoms with Crippen molar-refractivity contribution >= 4 is 11.9 Å². The second-order valence-electron chi connectivity index (χ2n) is 8.19. The third-order valence-electron chi connectivity index (χ3n) is 5.70. The molecule has 0 radical (unpaired) electrons. The maximum Gasteiger partial charge on any atom is 0.410 e. The number of ketones is 1. The summed E-state index contributed by atoms with van der Waals surface area (Å²) in [6, 6.07) is 9.62. The Morgan fingerprint density at radius 2 is 1.82 bits per heavy atom. The Morgan fingerprint density at radius 1 is 1.15 bits per heavy atom. The Kier molecular flexibility index (Phi) is 9.91. The summed E-state index contributed by atoms with van der Waals surface area (Å²) < 4.78 is 9.83. The summed E-state index contributed by atoms with van der Waals surface area (Å²) in [7, 11) is 1.28. The molecule has 33 heavy (non-hydrogen) atoms. The molecule has 1 heterocycles. The van der Waals surface area contributed by atoms with Crippen LogP contribution in [0, 0.1) is 5.92 Å². The van der Waals surface area contributed by atoms with Crippen molar-refractivity contribution in [2.45, 2.75) is 58.8 Å². The number of methoxy groups -OCH3 is 1. The largest absolute Gasteiger partial charge is 0.507 e. The van der Waals surface area contributed by atoms with Gasteiger partial charge in [0.1, 0.15) is 17.1 Å². The number of nitrogens with one attached hydrogen (secondary N) is 1. The number of benzene rings is 1. The predicted molar refractivity (Wildman–Crippen MR) is 127 cm³/mol. The summed E-state index contributed by atoms with van der Waals surface area (Å²) >= 11 is 0. The Hall–Kier alpha value is -3.35. The fourth-order valence-electron chi connectivity index (χ4n) is 3.43. The number of hydrogen-bond donors (Lipinski definition) is 2. The smallest absolute Gasteiger partial charge is 0.410 e. The summed E-state index contributed by atoms with van der Waals surface area (Å²) in [6.07, 6.45) is 6.13. The molecule has 0 aliphatic rings. The lowest BCUT2D eigenvalue weighted by Gasteiger charge is -2.13. The molecule has 7 heteroatoms. The molecule has 0 aliphatic heterocycles. The number of aryl methyl sites for hydroxylation is 2. The van der Waals surface area contributed by atoms with Gasteiger partial charge >= 0.3 is 11.7 Å². The lowest BCUT2D eigenvalue weighted by Crippen LogP contribution is -2.21. The Bertz CT molecular complexity index is 1020. The maximum atomic E-state index is 12.8. The second-order valence-corrected chi connectivity index (χ2v) is 8.19. The number of ether oxygens (including phenoxy) is 1. The minimum atomic E-state index is -0.816. The zero-order valence-electron chi connectivity index (χ0n) is 19.7. The molecule has 0 bridgehead atoms. The van der Waals surface area contributed by atoms with Crippen LogP contribution < -0.4 is 10.9 Å². The van der Waals surface area contributed by atoms with Crippen molar-refractivity contribution in [3.8, 4) is 5.75 Å². The van der Waals surface area contributed by atoms with E-state index in [1.165, 1.54) is 24.9 Å². The lowest BCUT2D eigenvalue weighted by atomic mass is 9.92. The van der Waals surface area contributed by atoms with Gasteiger partial charge in [0.2, 0.25) is 0 Å². The van der Waals surface area contributed by atoms with Crippen molar-refractivity contribution in [2.24, 2.45) is 5.92 Å². The Labute approximate surface area is 194 Å². The molecular weight excluding hydrogens is 422 g/mol. The van der Waals surface area contributed by atoms with Crippen LogP contribution in [0.25, 0.3) is 0 Å². The first-order valence-electron chi connectivity index (χ1n) is 11.2. The first kappa shape index (κ1) is 25.9. The molecule has 2 atom stereocenters.